The van der Waals surface area contributed by atoms with Gasteiger partial charge in [0.25, 0.3) is 0 Å². The van der Waals surface area contributed by atoms with Crippen LogP contribution in [0, 0.1) is 13.8 Å². The van der Waals surface area contributed by atoms with Crippen molar-refractivity contribution in [2.45, 2.75) is 33.8 Å². The van der Waals surface area contributed by atoms with Crippen molar-refractivity contribution in [1.29, 1.82) is 0 Å². The number of hydrogen-bond acceptors (Lipinski definition) is 3. The van der Waals surface area contributed by atoms with Crippen LogP contribution in [0.4, 0.5) is 16.2 Å². The van der Waals surface area contributed by atoms with Gasteiger partial charge in [0, 0.05) is 6.07 Å². The molecule has 0 atom stereocenters. The maximum absolute atomic E-state index is 12.0. The first-order chi connectivity index (χ1) is 10.4. The van der Waals surface area contributed by atoms with E-state index in [1.54, 1.807) is 18.2 Å². The van der Waals surface area contributed by atoms with Gasteiger partial charge in [-0.3, -0.25) is 5.10 Å². The number of urea groups is 1. The molecule has 0 fully saturated rings. The molecule has 0 bridgehead atoms. The highest BCUT2D eigenvalue weighted by atomic mass is 35.5. The van der Waals surface area contributed by atoms with Crippen LogP contribution in [0.1, 0.15) is 25.2 Å². The number of aromatic nitrogens is 2. The lowest BCUT2D eigenvalue weighted by Crippen LogP contribution is -2.20. The van der Waals surface area contributed by atoms with E-state index >= 15 is 0 Å². The minimum Gasteiger partial charge on any atom is -0.491 e. The molecular formula is C15H19ClN4O2. The van der Waals surface area contributed by atoms with Crippen LogP contribution < -0.4 is 15.4 Å². The summed E-state index contributed by atoms with van der Waals surface area (Å²) in [4.78, 5) is 12.0. The third kappa shape index (κ3) is 3.92. The summed E-state index contributed by atoms with van der Waals surface area (Å²) in [7, 11) is 0. The van der Waals surface area contributed by atoms with Gasteiger partial charge in [0.15, 0.2) is 0 Å². The molecule has 0 spiro atoms. The number of nitrogens with zero attached hydrogens (tertiary/aromatic N) is 1. The third-order valence-electron chi connectivity index (χ3n) is 2.93. The number of aryl methyl sites for hydroxylation is 2. The van der Waals surface area contributed by atoms with E-state index in [4.69, 9.17) is 16.3 Å². The van der Waals surface area contributed by atoms with Crippen LogP contribution in [0.2, 0.25) is 5.02 Å². The zero-order valence-corrected chi connectivity index (χ0v) is 13.7. The molecule has 2 rings (SSSR count). The average molecular weight is 323 g/mol. The first-order valence-electron chi connectivity index (χ1n) is 6.92. The maximum Gasteiger partial charge on any atom is 0.323 e. The molecule has 2 aromatic rings. The summed E-state index contributed by atoms with van der Waals surface area (Å²) in [5, 5.41) is 12.7. The molecule has 3 N–H and O–H groups in total. The standard InChI is InChI=1S/C15H19ClN4O2/c1-8(2)22-11-5-6-13(12(16)7-11)17-15(21)18-14-9(3)19-20-10(14)4/h5-8H,1-4H3,(H,19,20)(H2,17,18,21). The lowest BCUT2D eigenvalue weighted by Gasteiger charge is -2.13. The fourth-order valence-corrected chi connectivity index (χ4v) is 2.16. The predicted molar refractivity (Wildman–Crippen MR) is 87.9 cm³/mol. The second-order valence-electron chi connectivity index (χ2n) is 5.20. The van der Waals surface area contributed by atoms with E-state index < -0.39 is 0 Å². The molecule has 0 aliphatic carbocycles. The Morgan fingerprint density at radius 3 is 2.59 bits per heavy atom. The number of nitrogens with one attached hydrogen (secondary N) is 3. The van der Waals surface area contributed by atoms with Crippen LogP contribution in [-0.2, 0) is 0 Å². The van der Waals surface area contributed by atoms with Gasteiger partial charge in [0.05, 0.1) is 33.9 Å². The number of amides is 2. The highest BCUT2D eigenvalue weighted by molar-refractivity contribution is 6.34. The molecule has 6 nitrogen and oxygen atoms in total. The number of ether oxygens (including phenoxy) is 1. The normalized spacial score (nSPS) is 10.6. The Morgan fingerprint density at radius 1 is 1.32 bits per heavy atom. The quantitative estimate of drug-likeness (QED) is 0.792. The van der Waals surface area contributed by atoms with Gasteiger partial charge in [0.2, 0.25) is 0 Å². The van der Waals surface area contributed by atoms with Gasteiger partial charge < -0.3 is 15.4 Å². The van der Waals surface area contributed by atoms with E-state index in [-0.39, 0.29) is 12.1 Å². The van der Waals surface area contributed by atoms with E-state index in [2.05, 4.69) is 20.8 Å². The molecule has 0 radical (unpaired) electrons. The van der Waals surface area contributed by atoms with Crippen molar-refractivity contribution in [3.8, 4) is 5.75 Å². The molecule has 1 aromatic heterocycles. The first-order valence-corrected chi connectivity index (χ1v) is 7.30. The molecule has 1 aromatic carbocycles. The van der Waals surface area contributed by atoms with Gasteiger partial charge in [-0.05, 0) is 39.8 Å². The number of carbonyl (C=O) groups excluding carboxylic acids is 1. The Balaban J connectivity index is 2.06. The third-order valence-corrected chi connectivity index (χ3v) is 3.24. The Labute approximate surface area is 134 Å². The Hall–Kier alpha value is -2.21. The van der Waals surface area contributed by atoms with Crippen LogP contribution >= 0.6 is 11.6 Å². The smallest absolute Gasteiger partial charge is 0.323 e. The van der Waals surface area contributed by atoms with Crippen molar-refractivity contribution in [1.82, 2.24) is 10.2 Å². The van der Waals surface area contributed by atoms with Crippen molar-refractivity contribution in [3.63, 3.8) is 0 Å². The molecule has 2 amide bonds. The van der Waals surface area contributed by atoms with Crippen LogP contribution in [0.15, 0.2) is 18.2 Å². The van der Waals surface area contributed by atoms with E-state index in [9.17, 15) is 4.79 Å². The number of H-pyrrole nitrogens is 1. The van der Waals surface area contributed by atoms with E-state index in [0.717, 1.165) is 11.4 Å². The SMILES string of the molecule is Cc1n[nH]c(C)c1NC(=O)Nc1ccc(OC(C)C)cc1Cl. The molecule has 0 saturated carbocycles. The largest absolute Gasteiger partial charge is 0.491 e. The predicted octanol–water partition coefficient (Wildman–Crippen LogP) is 4.11. The summed E-state index contributed by atoms with van der Waals surface area (Å²) >= 11 is 6.16. The topological polar surface area (TPSA) is 79.0 Å². The maximum atomic E-state index is 12.0. The van der Waals surface area contributed by atoms with Crippen LogP contribution in [0.3, 0.4) is 0 Å². The molecule has 118 valence electrons. The highest BCUT2D eigenvalue weighted by Crippen LogP contribution is 2.27. The van der Waals surface area contributed by atoms with E-state index in [0.29, 0.717) is 22.1 Å². The summed E-state index contributed by atoms with van der Waals surface area (Å²) in [5.74, 6) is 0.660. The number of benzene rings is 1. The summed E-state index contributed by atoms with van der Waals surface area (Å²) in [6, 6.07) is 4.75. The van der Waals surface area contributed by atoms with E-state index in [1.165, 1.54) is 0 Å². The molecule has 0 saturated heterocycles. The summed E-state index contributed by atoms with van der Waals surface area (Å²) in [6.45, 7) is 7.51. The van der Waals surface area contributed by atoms with Gasteiger partial charge in [-0.25, -0.2) is 4.79 Å². The molecule has 0 unspecified atom stereocenters. The molecule has 0 aliphatic heterocycles. The highest BCUT2D eigenvalue weighted by Gasteiger charge is 2.12. The number of anilines is 2. The number of hydrogen-bond donors (Lipinski definition) is 3. The van der Waals surface area contributed by atoms with Crippen molar-refractivity contribution in [2.75, 3.05) is 10.6 Å². The van der Waals surface area contributed by atoms with Crippen LogP contribution in [0.25, 0.3) is 0 Å². The van der Waals surface area contributed by atoms with Crippen LogP contribution in [0.5, 0.6) is 5.75 Å². The lowest BCUT2D eigenvalue weighted by atomic mass is 10.3. The fraction of sp³-hybridized carbons (Fsp3) is 0.333. The summed E-state index contributed by atoms with van der Waals surface area (Å²) in [5.41, 5.74) is 2.68. The number of halogens is 1. The zero-order valence-electron chi connectivity index (χ0n) is 13.0. The first kappa shape index (κ1) is 16.2. The average Bonchev–Trinajstić information content (AvgIpc) is 2.73. The van der Waals surface area contributed by atoms with Gasteiger partial charge in [-0.1, -0.05) is 11.6 Å². The molecule has 1 heterocycles. The van der Waals surface area contributed by atoms with Crippen LogP contribution in [-0.4, -0.2) is 22.3 Å². The second kappa shape index (κ2) is 6.70. The van der Waals surface area contributed by atoms with Crippen molar-refractivity contribution in [2.24, 2.45) is 0 Å². The Bertz CT molecular complexity index is 663. The molecule has 0 aliphatic rings. The van der Waals surface area contributed by atoms with Gasteiger partial charge in [0.1, 0.15) is 5.75 Å². The summed E-state index contributed by atoms with van der Waals surface area (Å²) < 4.78 is 5.55. The molecular weight excluding hydrogens is 304 g/mol. The minimum atomic E-state index is -0.382. The zero-order chi connectivity index (χ0) is 16.3. The fourth-order valence-electron chi connectivity index (χ4n) is 1.94. The molecule has 7 heteroatoms. The number of aromatic amines is 1. The Kier molecular flexibility index (Phi) is 4.92. The van der Waals surface area contributed by atoms with Crippen molar-refractivity contribution < 1.29 is 9.53 Å². The summed E-state index contributed by atoms with van der Waals surface area (Å²) in [6.07, 6.45) is 0.0604. The Morgan fingerprint density at radius 2 is 2.05 bits per heavy atom. The van der Waals surface area contributed by atoms with Gasteiger partial charge in [-0.2, -0.15) is 5.10 Å². The van der Waals surface area contributed by atoms with Gasteiger partial charge in [-0.15, -0.1) is 0 Å². The second-order valence-corrected chi connectivity index (χ2v) is 5.60. The van der Waals surface area contributed by atoms with Crippen molar-refractivity contribution >= 4 is 29.0 Å². The van der Waals surface area contributed by atoms with Gasteiger partial charge >= 0.3 is 6.03 Å². The lowest BCUT2D eigenvalue weighted by molar-refractivity contribution is 0.242. The number of rotatable bonds is 4. The monoisotopic (exact) mass is 322 g/mol. The minimum absolute atomic E-state index is 0.0604. The number of carbonyl (C=O) groups is 1. The molecule has 22 heavy (non-hydrogen) atoms. The van der Waals surface area contributed by atoms with E-state index in [1.807, 2.05) is 27.7 Å². The van der Waals surface area contributed by atoms with Crippen molar-refractivity contribution in [3.05, 3.63) is 34.6 Å².